The quantitative estimate of drug-likeness (QED) is 0.692. The summed E-state index contributed by atoms with van der Waals surface area (Å²) in [5, 5.41) is 3.55. The highest BCUT2D eigenvalue weighted by atomic mass is 35.5. The standard InChI is InChI=1S/C13H9ClF2N2O2S/c14-12-2-1-3-13(16)11(12)8-17-18-21(19,20)10-6-4-9(15)5-7-10/h1-8,18H/b17-8+. The van der Waals surface area contributed by atoms with Gasteiger partial charge in [-0.3, -0.25) is 0 Å². The van der Waals surface area contributed by atoms with Gasteiger partial charge in [-0.2, -0.15) is 13.5 Å². The SMILES string of the molecule is O=S(=O)(N/N=C/c1c(F)cccc1Cl)c1ccc(F)cc1. The van der Waals surface area contributed by atoms with E-state index in [-0.39, 0.29) is 15.5 Å². The van der Waals surface area contributed by atoms with Gasteiger partial charge in [-0.05, 0) is 36.4 Å². The first-order valence-electron chi connectivity index (χ1n) is 5.64. The number of sulfonamides is 1. The third-order valence-corrected chi connectivity index (χ3v) is 4.06. The number of hydrogen-bond acceptors (Lipinski definition) is 3. The van der Waals surface area contributed by atoms with Crippen molar-refractivity contribution in [3.05, 3.63) is 64.7 Å². The highest BCUT2D eigenvalue weighted by Crippen LogP contribution is 2.16. The lowest BCUT2D eigenvalue weighted by Crippen LogP contribution is -2.18. The lowest BCUT2D eigenvalue weighted by atomic mass is 10.2. The molecule has 0 unspecified atom stereocenters. The second kappa shape index (κ2) is 6.19. The zero-order valence-electron chi connectivity index (χ0n) is 10.4. The van der Waals surface area contributed by atoms with Crippen LogP contribution in [0.1, 0.15) is 5.56 Å². The van der Waals surface area contributed by atoms with Crippen molar-refractivity contribution in [1.29, 1.82) is 0 Å². The van der Waals surface area contributed by atoms with Gasteiger partial charge in [-0.15, -0.1) is 0 Å². The molecule has 110 valence electrons. The molecule has 0 fully saturated rings. The van der Waals surface area contributed by atoms with Crippen LogP contribution in [-0.4, -0.2) is 14.6 Å². The molecule has 0 bridgehead atoms. The second-order valence-corrected chi connectivity index (χ2v) is 6.01. The van der Waals surface area contributed by atoms with Crippen LogP contribution < -0.4 is 4.83 Å². The van der Waals surface area contributed by atoms with Crippen molar-refractivity contribution in [1.82, 2.24) is 4.83 Å². The summed E-state index contributed by atoms with van der Waals surface area (Å²) in [7, 11) is -3.95. The van der Waals surface area contributed by atoms with E-state index in [1.54, 1.807) is 0 Å². The van der Waals surface area contributed by atoms with Gasteiger partial charge in [0.1, 0.15) is 11.6 Å². The van der Waals surface area contributed by atoms with E-state index in [1.165, 1.54) is 18.2 Å². The van der Waals surface area contributed by atoms with Gasteiger partial charge in [0.15, 0.2) is 0 Å². The minimum atomic E-state index is -3.95. The Morgan fingerprint density at radius 1 is 1.10 bits per heavy atom. The van der Waals surface area contributed by atoms with Gasteiger partial charge in [0.2, 0.25) is 0 Å². The van der Waals surface area contributed by atoms with Crippen LogP contribution in [0.4, 0.5) is 8.78 Å². The molecule has 0 spiro atoms. The summed E-state index contributed by atoms with van der Waals surface area (Å²) >= 11 is 5.76. The Balaban J connectivity index is 2.19. The minimum Gasteiger partial charge on any atom is -0.207 e. The Hall–Kier alpha value is -1.99. The van der Waals surface area contributed by atoms with Crippen molar-refractivity contribution in [2.45, 2.75) is 4.90 Å². The third kappa shape index (κ3) is 3.77. The summed E-state index contributed by atoms with van der Waals surface area (Å²) in [5.74, 6) is -1.19. The molecule has 2 rings (SSSR count). The zero-order valence-corrected chi connectivity index (χ0v) is 12.0. The summed E-state index contributed by atoms with van der Waals surface area (Å²) in [6.45, 7) is 0. The Labute approximate surface area is 125 Å². The molecule has 2 aromatic carbocycles. The molecule has 0 atom stereocenters. The zero-order chi connectivity index (χ0) is 15.5. The maximum atomic E-state index is 13.4. The average Bonchev–Trinajstić information content (AvgIpc) is 2.42. The highest BCUT2D eigenvalue weighted by molar-refractivity contribution is 7.89. The molecule has 21 heavy (non-hydrogen) atoms. The number of halogens is 3. The number of rotatable bonds is 4. The molecule has 0 heterocycles. The summed E-state index contributed by atoms with van der Waals surface area (Å²) in [6.07, 6.45) is 0.957. The summed E-state index contributed by atoms with van der Waals surface area (Å²) in [5.41, 5.74) is -0.0408. The largest absolute Gasteiger partial charge is 0.276 e. The molecule has 0 amide bonds. The fourth-order valence-corrected chi connectivity index (χ4v) is 2.46. The van der Waals surface area contributed by atoms with E-state index >= 15 is 0 Å². The van der Waals surface area contributed by atoms with Gasteiger partial charge >= 0.3 is 0 Å². The third-order valence-electron chi connectivity index (χ3n) is 2.49. The van der Waals surface area contributed by atoms with E-state index in [2.05, 4.69) is 5.10 Å². The van der Waals surface area contributed by atoms with Crippen molar-refractivity contribution in [2.24, 2.45) is 5.10 Å². The Morgan fingerprint density at radius 3 is 2.38 bits per heavy atom. The molecule has 0 radical (unpaired) electrons. The van der Waals surface area contributed by atoms with Crippen molar-refractivity contribution in [3.8, 4) is 0 Å². The summed E-state index contributed by atoms with van der Waals surface area (Å²) in [4.78, 5) is 1.73. The summed E-state index contributed by atoms with van der Waals surface area (Å²) in [6, 6.07) is 8.21. The lowest BCUT2D eigenvalue weighted by Gasteiger charge is -2.03. The van der Waals surface area contributed by atoms with Gasteiger partial charge in [0, 0.05) is 5.56 Å². The van der Waals surface area contributed by atoms with Gasteiger partial charge in [-0.25, -0.2) is 13.6 Å². The molecular formula is C13H9ClF2N2O2S. The maximum Gasteiger partial charge on any atom is 0.276 e. The van der Waals surface area contributed by atoms with Crippen LogP contribution >= 0.6 is 11.6 Å². The van der Waals surface area contributed by atoms with Crippen molar-refractivity contribution in [2.75, 3.05) is 0 Å². The lowest BCUT2D eigenvalue weighted by molar-refractivity contribution is 0.583. The average molecular weight is 331 g/mol. The molecule has 8 heteroatoms. The fraction of sp³-hybridized carbons (Fsp3) is 0. The molecule has 0 aromatic heterocycles. The van der Waals surface area contributed by atoms with Crippen LogP contribution in [0, 0.1) is 11.6 Å². The molecule has 0 aliphatic heterocycles. The predicted molar refractivity (Wildman–Crippen MR) is 75.7 cm³/mol. The first-order valence-corrected chi connectivity index (χ1v) is 7.51. The van der Waals surface area contributed by atoms with E-state index in [4.69, 9.17) is 11.6 Å². The van der Waals surface area contributed by atoms with Gasteiger partial charge in [0.05, 0.1) is 16.1 Å². The first-order chi connectivity index (χ1) is 9.90. The van der Waals surface area contributed by atoms with E-state index < -0.39 is 21.7 Å². The first kappa shape index (κ1) is 15.4. The van der Waals surface area contributed by atoms with Crippen LogP contribution in [0.2, 0.25) is 5.02 Å². The fourth-order valence-electron chi connectivity index (χ4n) is 1.46. The maximum absolute atomic E-state index is 13.4. The van der Waals surface area contributed by atoms with Crippen LogP contribution in [0.5, 0.6) is 0 Å². The van der Waals surface area contributed by atoms with Crippen LogP contribution in [0.25, 0.3) is 0 Å². The molecule has 0 saturated carbocycles. The number of hydrazone groups is 1. The van der Waals surface area contributed by atoms with Crippen molar-refractivity contribution in [3.63, 3.8) is 0 Å². The Bertz CT molecular complexity index is 757. The molecule has 0 saturated heterocycles. The smallest absolute Gasteiger partial charge is 0.207 e. The molecule has 2 aromatic rings. The molecule has 0 aliphatic carbocycles. The van der Waals surface area contributed by atoms with E-state index in [1.807, 2.05) is 4.83 Å². The Morgan fingerprint density at radius 2 is 1.76 bits per heavy atom. The Kier molecular flexibility index (Phi) is 4.54. The highest BCUT2D eigenvalue weighted by Gasteiger charge is 2.12. The molecular weight excluding hydrogens is 322 g/mol. The monoisotopic (exact) mass is 330 g/mol. The number of nitrogens with zero attached hydrogens (tertiary/aromatic N) is 1. The molecule has 0 aliphatic rings. The second-order valence-electron chi connectivity index (χ2n) is 3.94. The normalized spacial score (nSPS) is 11.8. The van der Waals surface area contributed by atoms with E-state index in [0.717, 1.165) is 30.5 Å². The van der Waals surface area contributed by atoms with Crippen LogP contribution in [-0.2, 0) is 10.0 Å². The van der Waals surface area contributed by atoms with E-state index in [9.17, 15) is 17.2 Å². The van der Waals surface area contributed by atoms with Crippen molar-refractivity contribution < 1.29 is 17.2 Å². The topological polar surface area (TPSA) is 58.5 Å². The molecule has 4 nitrogen and oxygen atoms in total. The molecule has 1 N–H and O–H groups in total. The van der Waals surface area contributed by atoms with Crippen LogP contribution in [0.3, 0.4) is 0 Å². The van der Waals surface area contributed by atoms with Crippen molar-refractivity contribution >= 4 is 27.8 Å². The number of hydrogen-bond donors (Lipinski definition) is 1. The van der Waals surface area contributed by atoms with Gasteiger partial charge in [-0.1, -0.05) is 17.7 Å². The number of benzene rings is 2. The predicted octanol–water partition coefficient (Wildman–Crippen LogP) is 2.93. The number of nitrogens with one attached hydrogen (secondary N) is 1. The van der Waals surface area contributed by atoms with Crippen LogP contribution in [0.15, 0.2) is 52.5 Å². The van der Waals surface area contributed by atoms with Gasteiger partial charge < -0.3 is 0 Å². The minimum absolute atomic E-state index is 0.0408. The van der Waals surface area contributed by atoms with Gasteiger partial charge in [0.25, 0.3) is 10.0 Å². The van der Waals surface area contributed by atoms with E-state index in [0.29, 0.717) is 0 Å². The summed E-state index contributed by atoms with van der Waals surface area (Å²) < 4.78 is 49.8.